The summed E-state index contributed by atoms with van der Waals surface area (Å²) < 4.78 is 31.5. The smallest absolute Gasteiger partial charge is 0.276 e. The zero-order chi connectivity index (χ0) is 13.0. The first kappa shape index (κ1) is 13.6. The van der Waals surface area contributed by atoms with Gasteiger partial charge in [-0.1, -0.05) is 13.3 Å². The number of sulfonamides is 1. The second kappa shape index (κ2) is 5.86. The predicted octanol–water partition coefficient (Wildman–Crippen LogP) is 1.56. The average Bonchev–Trinajstić information content (AvgIpc) is 2.87. The molecule has 5 nitrogen and oxygen atoms in total. The highest BCUT2D eigenvalue weighted by Crippen LogP contribution is 2.22. The standard InChI is InChI=1S/C12H20N2O3S/c1-2-13-10-11-6-7-12(17-11)18(15,16)14-8-4-3-5-9-14/h6-7,13H,2-5,8-10H2,1H3. The van der Waals surface area contributed by atoms with Gasteiger partial charge < -0.3 is 9.73 Å². The van der Waals surface area contributed by atoms with Gasteiger partial charge in [-0.2, -0.15) is 4.31 Å². The molecule has 102 valence electrons. The van der Waals surface area contributed by atoms with Gasteiger partial charge in [0.1, 0.15) is 5.76 Å². The molecule has 1 aromatic rings. The summed E-state index contributed by atoms with van der Waals surface area (Å²) in [6.07, 6.45) is 2.98. The molecule has 0 radical (unpaired) electrons. The van der Waals surface area contributed by atoms with E-state index in [0.29, 0.717) is 25.4 Å². The van der Waals surface area contributed by atoms with Gasteiger partial charge in [0.25, 0.3) is 10.0 Å². The number of furan rings is 1. The molecule has 0 unspecified atom stereocenters. The molecule has 0 bridgehead atoms. The van der Waals surface area contributed by atoms with Crippen LogP contribution >= 0.6 is 0 Å². The van der Waals surface area contributed by atoms with Crippen LogP contribution < -0.4 is 5.32 Å². The third-order valence-corrected chi connectivity index (χ3v) is 4.87. The first-order valence-electron chi connectivity index (χ1n) is 6.44. The van der Waals surface area contributed by atoms with Gasteiger partial charge in [0.05, 0.1) is 6.54 Å². The monoisotopic (exact) mass is 272 g/mol. The summed E-state index contributed by atoms with van der Waals surface area (Å²) in [5.74, 6) is 0.660. The number of hydrogen-bond acceptors (Lipinski definition) is 4. The molecule has 0 spiro atoms. The van der Waals surface area contributed by atoms with E-state index in [1.165, 1.54) is 4.31 Å². The van der Waals surface area contributed by atoms with Crippen LogP contribution in [0, 0.1) is 0 Å². The summed E-state index contributed by atoms with van der Waals surface area (Å²) in [6, 6.07) is 3.27. The van der Waals surface area contributed by atoms with Gasteiger partial charge in [0.2, 0.25) is 5.09 Å². The lowest BCUT2D eigenvalue weighted by Gasteiger charge is -2.24. The Bertz CT molecular complexity index is 475. The van der Waals surface area contributed by atoms with Crippen LogP contribution in [0.4, 0.5) is 0 Å². The van der Waals surface area contributed by atoms with Crippen LogP contribution in [0.3, 0.4) is 0 Å². The number of nitrogens with zero attached hydrogens (tertiary/aromatic N) is 1. The van der Waals surface area contributed by atoms with Crippen molar-refractivity contribution in [3.8, 4) is 0 Å². The van der Waals surface area contributed by atoms with Crippen LogP contribution in [0.15, 0.2) is 21.6 Å². The molecule has 0 aromatic carbocycles. The fourth-order valence-corrected chi connectivity index (χ4v) is 3.52. The van der Waals surface area contributed by atoms with Crippen molar-refractivity contribution < 1.29 is 12.8 Å². The van der Waals surface area contributed by atoms with Crippen LogP contribution in [-0.4, -0.2) is 32.4 Å². The van der Waals surface area contributed by atoms with Gasteiger partial charge in [-0.3, -0.25) is 0 Å². The second-order valence-electron chi connectivity index (χ2n) is 4.47. The molecule has 6 heteroatoms. The quantitative estimate of drug-likeness (QED) is 0.883. The normalized spacial score (nSPS) is 18.1. The minimum atomic E-state index is -3.43. The van der Waals surface area contributed by atoms with Crippen molar-refractivity contribution in [2.75, 3.05) is 19.6 Å². The van der Waals surface area contributed by atoms with Gasteiger partial charge in [0.15, 0.2) is 0 Å². The van der Waals surface area contributed by atoms with Crippen LogP contribution in [0.1, 0.15) is 31.9 Å². The Kier molecular flexibility index (Phi) is 4.42. The van der Waals surface area contributed by atoms with Crippen molar-refractivity contribution in [3.63, 3.8) is 0 Å². The molecule has 1 saturated heterocycles. The van der Waals surface area contributed by atoms with Gasteiger partial charge in [0, 0.05) is 13.1 Å². The molecule has 0 atom stereocenters. The first-order valence-corrected chi connectivity index (χ1v) is 7.88. The highest BCUT2D eigenvalue weighted by molar-refractivity contribution is 7.89. The van der Waals surface area contributed by atoms with Crippen molar-refractivity contribution in [1.82, 2.24) is 9.62 Å². The van der Waals surface area contributed by atoms with Crippen molar-refractivity contribution >= 4 is 10.0 Å². The maximum atomic E-state index is 12.3. The number of rotatable bonds is 5. The van der Waals surface area contributed by atoms with E-state index in [-0.39, 0.29) is 5.09 Å². The van der Waals surface area contributed by atoms with E-state index in [2.05, 4.69) is 5.32 Å². The van der Waals surface area contributed by atoms with Crippen LogP contribution in [0.25, 0.3) is 0 Å². The van der Waals surface area contributed by atoms with Crippen molar-refractivity contribution in [3.05, 3.63) is 17.9 Å². The molecule has 0 aliphatic carbocycles. The van der Waals surface area contributed by atoms with Crippen molar-refractivity contribution in [2.24, 2.45) is 0 Å². The Labute approximate surface area is 108 Å². The molecule has 0 saturated carbocycles. The third kappa shape index (κ3) is 2.93. The van der Waals surface area contributed by atoms with E-state index in [1.54, 1.807) is 12.1 Å². The van der Waals surface area contributed by atoms with Crippen LogP contribution in [0.5, 0.6) is 0 Å². The minimum absolute atomic E-state index is 0.0669. The van der Waals surface area contributed by atoms with E-state index >= 15 is 0 Å². The summed E-state index contributed by atoms with van der Waals surface area (Å²) in [5.41, 5.74) is 0. The van der Waals surface area contributed by atoms with Crippen molar-refractivity contribution in [2.45, 2.75) is 37.8 Å². The molecule has 0 amide bonds. The Hall–Kier alpha value is -0.850. The fraction of sp³-hybridized carbons (Fsp3) is 0.667. The number of hydrogen-bond donors (Lipinski definition) is 1. The highest BCUT2D eigenvalue weighted by atomic mass is 32.2. The van der Waals surface area contributed by atoms with Gasteiger partial charge in [-0.15, -0.1) is 0 Å². The molecular formula is C12H20N2O3S. The molecule has 1 aromatic heterocycles. The molecule has 1 aliphatic rings. The summed E-state index contributed by atoms with van der Waals surface area (Å²) in [4.78, 5) is 0. The zero-order valence-electron chi connectivity index (χ0n) is 10.7. The van der Waals surface area contributed by atoms with Gasteiger partial charge in [-0.25, -0.2) is 8.42 Å². The summed E-state index contributed by atoms with van der Waals surface area (Å²) in [7, 11) is -3.43. The zero-order valence-corrected chi connectivity index (χ0v) is 11.5. The highest BCUT2D eigenvalue weighted by Gasteiger charge is 2.28. The number of piperidine rings is 1. The molecule has 1 aliphatic heterocycles. The lowest BCUT2D eigenvalue weighted by atomic mass is 10.2. The average molecular weight is 272 g/mol. The van der Waals surface area contributed by atoms with E-state index < -0.39 is 10.0 Å². The lowest BCUT2D eigenvalue weighted by molar-refractivity contribution is 0.326. The third-order valence-electron chi connectivity index (χ3n) is 3.10. The topological polar surface area (TPSA) is 62.6 Å². The summed E-state index contributed by atoms with van der Waals surface area (Å²) in [5, 5.41) is 3.17. The molecule has 2 rings (SSSR count). The van der Waals surface area contributed by atoms with Crippen LogP contribution in [0.2, 0.25) is 0 Å². The maximum Gasteiger partial charge on any atom is 0.276 e. The summed E-state index contributed by atoms with van der Waals surface area (Å²) in [6.45, 7) is 4.59. The van der Waals surface area contributed by atoms with E-state index in [0.717, 1.165) is 25.8 Å². The minimum Gasteiger partial charge on any atom is -0.447 e. The van der Waals surface area contributed by atoms with E-state index in [9.17, 15) is 8.42 Å². The Morgan fingerprint density at radius 1 is 1.28 bits per heavy atom. The second-order valence-corrected chi connectivity index (χ2v) is 6.33. The van der Waals surface area contributed by atoms with Crippen molar-refractivity contribution in [1.29, 1.82) is 0 Å². The molecule has 2 heterocycles. The first-order chi connectivity index (χ1) is 8.64. The van der Waals surface area contributed by atoms with Crippen LogP contribution in [-0.2, 0) is 16.6 Å². The Balaban J connectivity index is 2.11. The molecule has 1 fully saturated rings. The van der Waals surface area contributed by atoms with Gasteiger partial charge >= 0.3 is 0 Å². The summed E-state index contributed by atoms with van der Waals surface area (Å²) >= 11 is 0. The largest absolute Gasteiger partial charge is 0.447 e. The predicted molar refractivity (Wildman–Crippen MR) is 68.7 cm³/mol. The Morgan fingerprint density at radius 3 is 2.67 bits per heavy atom. The SMILES string of the molecule is CCNCc1ccc(S(=O)(=O)N2CCCCC2)o1. The number of nitrogens with one attached hydrogen (secondary N) is 1. The van der Waals surface area contributed by atoms with Gasteiger partial charge in [-0.05, 0) is 31.5 Å². The molecule has 18 heavy (non-hydrogen) atoms. The fourth-order valence-electron chi connectivity index (χ4n) is 2.07. The van der Waals surface area contributed by atoms with E-state index in [4.69, 9.17) is 4.42 Å². The van der Waals surface area contributed by atoms with E-state index in [1.807, 2.05) is 6.92 Å². The lowest BCUT2D eigenvalue weighted by Crippen LogP contribution is -2.35. The maximum absolute atomic E-state index is 12.3. The molecule has 1 N–H and O–H groups in total. The Morgan fingerprint density at radius 2 is 2.00 bits per heavy atom. The molecular weight excluding hydrogens is 252 g/mol.